The third-order valence-corrected chi connectivity index (χ3v) is 2.85. The molecule has 1 aliphatic rings. The fourth-order valence-corrected chi connectivity index (χ4v) is 1.97. The van der Waals surface area contributed by atoms with Gasteiger partial charge in [-0.1, -0.05) is 12.8 Å². The van der Waals surface area contributed by atoms with E-state index in [1.807, 2.05) is 0 Å². The van der Waals surface area contributed by atoms with Gasteiger partial charge < -0.3 is 16.0 Å². The van der Waals surface area contributed by atoms with E-state index < -0.39 is 0 Å². The van der Waals surface area contributed by atoms with Crippen LogP contribution in [0.15, 0.2) is 17.2 Å². The Hall–Kier alpha value is -1.36. The predicted molar refractivity (Wildman–Crippen MR) is 58.7 cm³/mol. The number of rotatable bonds is 2. The molecule has 5 heteroatoms. The lowest BCUT2D eigenvalue weighted by atomic mass is 9.91. The van der Waals surface area contributed by atoms with Crippen molar-refractivity contribution >= 4 is 5.82 Å². The molecule has 0 unspecified atom stereocenters. The Morgan fingerprint density at radius 2 is 2.27 bits per heavy atom. The Balaban J connectivity index is 2.08. The zero-order chi connectivity index (χ0) is 10.7. The van der Waals surface area contributed by atoms with E-state index in [1.165, 1.54) is 12.6 Å². The highest BCUT2D eigenvalue weighted by Gasteiger charge is 2.22. The van der Waals surface area contributed by atoms with E-state index in [0.29, 0.717) is 5.82 Å². The van der Waals surface area contributed by atoms with Gasteiger partial charge in [-0.2, -0.15) is 0 Å². The number of nitrogens with one attached hydrogen (secondary N) is 2. The maximum Gasteiger partial charge on any atom is 0.290 e. The number of H-pyrrole nitrogens is 1. The first kappa shape index (κ1) is 10.2. The van der Waals surface area contributed by atoms with Crippen molar-refractivity contribution in [3.63, 3.8) is 0 Å². The molecule has 1 saturated carbocycles. The van der Waals surface area contributed by atoms with Gasteiger partial charge in [0, 0.05) is 24.5 Å². The molecule has 0 amide bonds. The van der Waals surface area contributed by atoms with Gasteiger partial charge in [-0.25, -0.2) is 4.98 Å². The number of aromatic nitrogens is 2. The monoisotopic (exact) mass is 208 g/mol. The van der Waals surface area contributed by atoms with E-state index in [0.717, 1.165) is 19.3 Å². The molecule has 1 fully saturated rings. The topological polar surface area (TPSA) is 83.8 Å². The van der Waals surface area contributed by atoms with Gasteiger partial charge in [0.15, 0.2) is 5.82 Å². The molecular weight excluding hydrogens is 192 g/mol. The van der Waals surface area contributed by atoms with Crippen molar-refractivity contribution in [2.24, 2.45) is 5.73 Å². The summed E-state index contributed by atoms with van der Waals surface area (Å²) >= 11 is 0. The van der Waals surface area contributed by atoms with Crippen LogP contribution < -0.4 is 16.6 Å². The Labute approximate surface area is 88.1 Å². The van der Waals surface area contributed by atoms with E-state index in [9.17, 15) is 4.79 Å². The number of hydrogen-bond acceptors (Lipinski definition) is 4. The van der Waals surface area contributed by atoms with Gasteiger partial charge in [-0.05, 0) is 12.8 Å². The van der Waals surface area contributed by atoms with E-state index >= 15 is 0 Å². The van der Waals surface area contributed by atoms with Crippen LogP contribution in [-0.2, 0) is 0 Å². The summed E-state index contributed by atoms with van der Waals surface area (Å²) in [6.07, 6.45) is 7.46. The second-order valence-corrected chi connectivity index (χ2v) is 3.97. The van der Waals surface area contributed by atoms with Crippen LogP contribution in [0.5, 0.6) is 0 Å². The lowest BCUT2D eigenvalue weighted by Crippen LogP contribution is -2.43. The Kier molecular flexibility index (Phi) is 3.01. The molecule has 0 aromatic carbocycles. The van der Waals surface area contributed by atoms with Gasteiger partial charge in [0.2, 0.25) is 0 Å². The molecule has 5 nitrogen and oxygen atoms in total. The normalized spacial score (nSPS) is 26.2. The fourth-order valence-electron chi connectivity index (χ4n) is 1.97. The van der Waals surface area contributed by atoms with Crippen LogP contribution in [0.4, 0.5) is 5.82 Å². The summed E-state index contributed by atoms with van der Waals surface area (Å²) in [6.45, 7) is 0. The van der Waals surface area contributed by atoms with Crippen molar-refractivity contribution in [3.05, 3.63) is 22.7 Å². The van der Waals surface area contributed by atoms with Crippen molar-refractivity contribution in [1.29, 1.82) is 0 Å². The van der Waals surface area contributed by atoms with Crippen molar-refractivity contribution < 1.29 is 0 Å². The maximum atomic E-state index is 11.4. The van der Waals surface area contributed by atoms with Crippen molar-refractivity contribution in [3.8, 4) is 0 Å². The predicted octanol–water partition coefficient (Wildman–Crippen LogP) is 0.452. The minimum absolute atomic E-state index is 0.125. The van der Waals surface area contributed by atoms with Crippen LogP contribution >= 0.6 is 0 Å². The van der Waals surface area contributed by atoms with Crippen LogP contribution in [0.25, 0.3) is 0 Å². The number of nitrogens with zero attached hydrogens (tertiary/aromatic N) is 1. The van der Waals surface area contributed by atoms with Gasteiger partial charge in [0.05, 0.1) is 0 Å². The lowest BCUT2D eigenvalue weighted by Gasteiger charge is -2.29. The molecule has 15 heavy (non-hydrogen) atoms. The second-order valence-electron chi connectivity index (χ2n) is 3.97. The zero-order valence-electron chi connectivity index (χ0n) is 8.57. The number of aromatic amines is 1. The van der Waals surface area contributed by atoms with E-state index in [4.69, 9.17) is 5.73 Å². The molecule has 0 bridgehead atoms. The molecule has 2 rings (SSSR count). The molecule has 2 atom stereocenters. The minimum atomic E-state index is -0.185. The van der Waals surface area contributed by atoms with Gasteiger partial charge in [-0.15, -0.1) is 0 Å². The third kappa shape index (κ3) is 2.36. The largest absolute Gasteiger partial charge is 0.361 e. The molecule has 1 aromatic heterocycles. The smallest absolute Gasteiger partial charge is 0.290 e. The van der Waals surface area contributed by atoms with Crippen molar-refractivity contribution in [1.82, 2.24) is 9.97 Å². The summed E-state index contributed by atoms with van der Waals surface area (Å²) < 4.78 is 0. The summed E-state index contributed by atoms with van der Waals surface area (Å²) in [7, 11) is 0. The molecule has 0 radical (unpaired) electrons. The Morgan fingerprint density at radius 1 is 1.47 bits per heavy atom. The molecule has 4 N–H and O–H groups in total. The first-order chi connectivity index (χ1) is 7.27. The first-order valence-corrected chi connectivity index (χ1v) is 5.33. The van der Waals surface area contributed by atoms with Gasteiger partial charge in [0.1, 0.15) is 0 Å². The first-order valence-electron chi connectivity index (χ1n) is 5.33. The highest BCUT2D eigenvalue weighted by molar-refractivity contribution is 5.32. The highest BCUT2D eigenvalue weighted by Crippen LogP contribution is 2.18. The summed E-state index contributed by atoms with van der Waals surface area (Å²) in [5, 5.41) is 3.12. The van der Waals surface area contributed by atoms with Crippen molar-refractivity contribution in [2.75, 3.05) is 5.32 Å². The van der Waals surface area contributed by atoms with Crippen molar-refractivity contribution in [2.45, 2.75) is 37.8 Å². The van der Waals surface area contributed by atoms with E-state index in [1.54, 1.807) is 6.20 Å². The van der Waals surface area contributed by atoms with Gasteiger partial charge >= 0.3 is 0 Å². The quantitative estimate of drug-likeness (QED) is 0.659. The van der Waals surface area contributed by atoms with Crippen LogP contribution in [-0.4, -0.2) is 22.1 Å². The Bertz CT molecular complexity index is 376. The molecule has 1 heterocycles. The standard InChI is InChI=1S/C10H16N4O/c11-7-3-1-2-4-8(7)14-9-10(15)13-6-5-12-9/h5-8H,1-4,11H2,(H,12,14)(H,13,15)/t7-,8-/m1/s1. The second kappa shape index (κ2) is 4.44. The average Bonchev–Trinajstić information content (AvgIpc) is 2.24. The zero-order valence-corrected chi connectivity index (χ0v) is 8.57. The minimum Gasteiger partial charge on any atom is -0.361 e. The average molecular weight is 208 g/mol. The number of anilines is 1. The molecule has 0 saturated heterocycles. The molecule has 0 spiro atoms. The number of hydrogen-bond donors (Lipinski definition) is 3. The molecule has 82 valence electrons. The fraction of sp³-hybridized carbons (Fsp3) is 0.600. The van der Waals surface area contributed by atoms with Crippen LogP contribution in [0.1, 0.15) is 25.7 Å². The Morgan fingerprint density at radius 3 is 3.00 bits per heavy atom. The molecular formula is C10H16N4O. The molecule has 1 aliphatic carbocycles. The summed E-state index contributed by atoms with van der Waals surface area (Å²) in [6, 6.07) is 0.301. The maximum absolute atomic E-state index is 11.4. The van der Waals surface area contributed by atoms with E-state index in [2.05, 4.69) is 15.3 Å². The summed E-state index contributed by atoms with van der Waals surface area (Å²) in [5.74, 6) is 0.375. The molecule has 1 aromatic rings. The van der Waals surface area contributed by atoms with E-state index in [-0.39, 0.29) is 17.6 Å². The SMILES string of the molecule is N[C@@H]1CCCC[C@H]1Nc1ncc[nH]c1=O. The van der Waals surface area contributed by atoms with Crippen LogP contribution in [0.2, 0.25) is 0 Å². The van der Waals surface area contributed by atoms with Gasteiger partial charge in [-0.3, -0.25) is 4.79 Å². The van der Waals surface area contributed by atoms with Crippen LogP contribution in [0, 0.1) is 0 Å². The number of nitrogens with two attached hydrogens (primary N) is 1. The van der Waals surface area contributed by atoms with Gasteiger partial charge in [0.25, 0.3) is 5.56 Å². The summed E-state index contributed by atoms with van der Waals surface area (Å²) in [5.41, 5.74) is 5.79. The third-order valence-electron chi connectivity index (χ3n) is 2.85. The molecule has 0 aliphatic heterocycles. The van der Waals surface area contributed by atoms with Crippen LogP contribution in [0.3, 0.4) is 0 Å². The highest BCUT2D eigenvalue weighted by atomic mass is 16.1. The lowest BCUT2D eigenvalue weighted by molar-refractivity contribution is 0.403. The summed E-state index contributed by atoms with van der Waals surface area (Å²) in [4.78, 5) is 18.0.